The number of piperazine rings is 1. The summed E-state index contributed by atoms with van der Waals surface area (Å²) in [5.41, 5.74) is 3.74. The first-order valence-electron chi connectivity index (χ1n) is 11.2. The molecule has 5 rings (SSSR count). The Balaban J connectivity index is 1.49. The summed E-state index contributed by atoms with van der Waals surface area (Å²) < 4.78 is 0. The third-order valence-electron chi connectivity index (χ3n) is 6.29. The van der Waals surface area contributed by atoms with E-state index in [-0.39, 0.29) is 11.4 Å². The van der Waals surface area contributed by atoms with E-state index in [9.17, 15) is 9.90 Å². The summed E-state index contributed by atoms with van der Waals surface area (Å²) in [6, 6.07) is 21.1. The molecule has 2 heterocycles. The number of pyridine rings is 1. The minimum Gasteiger partial charge on any atom is -0.494 e. The van der Waals surface area contributed by atoms with Gasteiger partial charge in [-0.15, -0.1) is 0 Å². The van der Waals surface area contributed by atoms with Crippen LogP contribution in [0.25, 0.3) is 21.9 Å². The van der Waals surface area contributed by atoms with Gasteiger partial charge in [0.05, 0.1) is 11.3 Å². The quantitative estimate of drug-likeness (QED) is 0.407. The van der Waals surface area contributed by atoms with Crippen LogP contribution < -0.4 is 10.5 Å². The van der Waals surface area contributed by atoms with Crippen molar-refractivity contribution in [3.8, 4) is 17.0 Å². The first-order valence-corrected chi connectivity index (χ1v) is 11.6. The third-order valence-corrected chi connectivity index (χ3v) is 6.62. The highest BCUT2D eigenvalue weighted by molar-refractivity contribution is 6.33. The number of nitrogens with one attached hydrogen (secondary N) is 1. The van der Waals surface area contributed by atoms with E-state index < -0.39 is 0 Å². The molecule has 172 valence electrons. The molecule has 7 heteroatoms. The number of hydrogen-bond donors (Lipinski definition) is 2. The van der Waals surface area contributed by atoms with Gasteiger partial charge < -0.3 is 14.9 Å². The maximum Gasteiger partial charge on any atom is 0.258 e. The highest BCUT2D eigenvalue weighted by atomic mass is 35.5. The molecule has 0 radical (unpaired) electrons. The van der Waals surface area contributed by atoms with Crippen molar-refractivity contribution in [2.75, 3.05) is 38.1 Å². The van der Waals surface area contributed by atoms with Crippen molar-refractivity contribution < 1.29 is 5.11 Å². The Morgan fingerprint density at radius 1 is 0.971 bits per heavy atom. The highest BCUT2D eigenvalue weighted by Crippen LogP contribution is 2.31. The highest BCUT2D eigenvalue weighted by Gasteiger charge is 2.14. The first kappa shape index (κ1) is 22.2. The second-order valence-corrected chi connectivity index (χ2v) is 8.93. The number of hydrogen-bond acceptors (Lipinski definition) is 5. The number of fused-ring (bicyclic) bond motifs is 1. The topological polar surface area (TPSA) is 71.9 Å². The van der Waals surface area contributed by atoms with E-state index in [1.165, 1.54) is 5.69 Å². The number of aliphatic imine (C=N–C) groups is 1. The lowest BCUT2D eigenvalue weighted by Crippen LogP contribution is -2.44. The van der Waals surface area contributed by atoms with Crippen LogP contribution in [0, 0.1) is 0 Å². The molecule has 34 heavy (non-hydrogen) atoms. The molecule has 4 aromatic rings. The normalized spacial score (nSPS) is 14.8. The fraction of sp³-hybridized carbons (Fsp3) is 0.185. The minimum atomic E-state index is -0.355. The molecule has 1 saturated heterocycles. The van der Waals surface area contributed by atoms with E-state index in [2.05, 4.69) is 39.0 Å². The van der Waals surface area contributed by atoms with Crippen LogP contribution in [0.5, 0.6) is 5.88 Å². The summed E-state index contributed by atoms with van der Waals surface area (Å²) in [6.45, 7) is 4.11. The number of halogens is 1. The molecule has 1 fully saturated rings. The maximum absolute atomic E-state index is 12.5. The number of rotatable bonds is 4. The Morgan fingerprint density at radius 3 is 2.44 bits per heavy atom. The van der Waals surface area contributed by atoms with Gasteiger partial charge in [-0.1, -0.05) is 35.9 Å². The Hall–Kier alpha value is -3.61. The molecular weight excluding hydrogens is 448 g/mol. The van der Waals surface area contributed by atoms with Crippen LogP contribution in [0.2, 0.25) is 5.02 Å². The van der Waals surface area contributed by atoms with Gasteiger partial charge in [-0.2, -0.15) is 0 Å². The Bertz CT molecular complexity index is 1420. The van der Waals surface area contributed by atoms with Crippen LogP contribution >= 0.6 is 11.6 Å². The van der Waals surface area contributed by atoms with Crippen LogP contribution in [0.15, 0.2) is 76.5 Å². The lowest BCUT2D eigenvalue weighted by molar-refractivity contribution is 0.313. The van der Waals surface area contributed by atoms with Gasteiger partial charge in [0.15, 0.2) is 0 Å². The number of aromatic hydroxyl groups is 1. The molecule has 1 aliphatic rings. The summed E-state index contributed by atoms with van der Waals surface area (Å²) in [5, 5.41) is 12.2. The van der Waals surface area contributed by atoms with E-state index in [0.717, 1.165) is 43.0 Å². The van der Waals surface area contributed by atoms with Crippen molar-refractivity contribution in [1.29, 1.82) is 0 Å². The van der Waals surface area contributed by atoms with E-state index in [0.29, 0.717) is 21.4 Å². The van der Waals surface area contributed by atoms with Gasteiger partial charge in [-0.3, -0.25) is 14.8 Å². The lowest BCUT2D eigenvalue weighted by atomic mass is 9.99. The van der Waals surface area contributed by atoms with Gasteiger partial charge in [0.2, 0.25) is 5.88 Å². The van der Waals surface area contributed by atoms with Crippen LogP contribution in [0.1, 0.15) is 5.56 Å². The van der Waals surface area contributed by atoms with Crippen LogP contribution in [0.4, 0.5) is 11.4 Å². The zero-order valence-corrected chi connectivity index (χ0v) is 19.6. The summed E-state index contributed by atoms with van der Waals surface area (Å²) in [4.78, 5) is 24.2. The molecule has 1 aromatic heterocycles. The van der Waals surface area contributed by atoms with E-state index in [1.54, 1.807) is 12.3 Å². The van der Waals surface area contributed by atoms with Crippen LogP contribution in [-0.2, 0) is 0 Å². The van der Waals surface area contributed by atoms with Crippen LogP contribution in [0.3, 0.4) is 0 Å². The third kappa shape index (κ3) is 4.42. The Labute approximate surface area is 202 Å². The van der Waals surface area contributed by atoms with Gasteiger partial charge in [-0.25, -0.2) is 0 Å². The number of aromatic amines is 1. The minimum absolute atomic E-state index is 0.216. The fourth-order valence-electron chi connectivity index (χ4n) is 4.28. The van der Waals surface area contributed by atoms with Crippen molar-refractivity contribution in [3.05, 3.63) is 87.7 Å². The van der Waals surface area contributed by atoms with Crippen molar-refractivity contribution in [2.24, 2.45) is 4.99 Å². The average Bonchev–Trinajstić information content (AvgIpc) is 2.85. The fourth-order valence-corrected chi connectivity index (χ4v) is 4.53. The van der Waals surface area contributed by atoms with Crippen molar-refractivity contribution >= 4 is 40.0 Å². The van der Waals surface area contributed by atoms with E-state index >= 15 is 0 Å². The van der Waals surface area contributed by atoms with Crippen molar-refractivity contribution in [1.82, 2.24) is 9.88 Å². The van der Waals surface area contributed by atoms with Crippen molar-refractivity contribution in [3.63, 3.8) is 0 Å². The summed E-state index contributed by atoms with van der Waals surface area (Å²) >= 11 is 6.38. The zero-order chi connectivity index (χ0) is 23.7. The Morgan fingerprint density at radius 2 is 1.71 bits per heavy atom. The maximum atomic E-state index is 12.5. The number of aromatic nitrogens is 1. The van der Waals surface area contributed by atoms with E-state index in [4.69, 9.17) is 11.6 Å². The molecular formula is C27H25ClN4O2. The second-order valence-electron chi connectivity index (χ2n) is 8.52. The number of nitrogens with zero attached hydrogens (tertiary/aromatic N) is 3. The number of benzene rings is 3. The molecule has 0 unspecified atom stereocenters. The van der Waals surface area contributed by atoms with E-state index in [1.807, 2.05) is 48.5 Å². The van der Waals surface area contributed by atoms with Gasteiger partial charge >= 0.3 is 0 Å². The molecule has 1 aliphatic heterocycles. The number of H-pyrrole nitrogens is 1. The van der Waals surface area contributed by atoms with Gasteiger partial charge in [0.25, 0.3) is 5.56 Å². The first-order chi connectivity index (χ1) is 16.5. The molecule has 0 bridgehead atoms. The monoisotopic (exact) mass is 472 g/mol. The molecule has 3 aromatic carbocycles. The van der Waals surface area contributed by atoms with Gasteiger partial charge in [-0.05, 0) is 55.1 Å². The lowest BCUT2D eigenvalue weighted by Gasteiger charge is -2.34. The SMILES string of the molecule is CN1CCN(c2ccc(N=Cc3c(O)[nH]c(=O)c4ccc(-c5ccccc5Cl)cc34)cc2)CC1. The molecule has 2 N–H and O–H groups in total. The van der Waals surface area contributed by atoms with Crippen LogP contribution in [-0.4, -0.2) is 54.4 Å². The molecule has 0 aliphatic carbocycles. The molecule has 0 saturated carbocycles. The molecule has 0 atom stereocenters. The molecule has 0 amide bonds. The Kier molecular flexibility index (Phi) is 6.09. The summed E-state index contributed by atoms with van der Waals surface area (Å²) in [5.74, 6) is -0.216. The summed E-state index contributed by atoms with van der Waals surface area (Å²) in [6.07, 6.45) is 1.59. The molecule has 6 nitrogen and oxygen atoms in total. The predicted molar refractivity (Wildman–Crippen MR) is 140 cm³/mol. The van der Waals surface area contributed by atoms with Crippen molar-refractivity contribution in [2.45, 2.75) is 0 Å². The number of likely N-dealkylation sites (N-methyl/N-ethyl adjacent to an activating group) is 1. The smallest absolute Gasteiger partial charge is 0.258 e. The predicted octanol–water partition coefficient (Wildman–Crippen LogP) is 5.06. The van der Waals surface area contributed by atoms with Gasteiger partial charge in [0, 0.05) is 59.4 Å². The van der Waals surface area contributed by atoms with Gasteiger partial charge in [0.1, 0.15) is 0 Å². The average molecular weight is 473 g/mol. The largest absolute Gasteiger partial charge is 0.494 e. The summed E-state index contributed by atoms with van der Waals surface area (Å²) in [7, 11) is 2.14. The molecule has 0 spiro atoms. The second kappa shape index (κ2) is 9.33. The number of anilines is 1. The zero-order valence-electron chi connectivity index (χ0n) is 18.8. The standard InChI is InChI=1S/C27H25ClN4O2/c1-31-12-14-32(15-13-31)20-9-7-19(8-10-20)29-17-24-23-16-18(21-4-2-3-5-25(21)28)6-11-22(23)26(33)30-27(24)34/h2-11,16-17H,12-15H2,1H3,(H2,30,33,34).